The number of carboxylic acids is 1. The fourth-order valence-electron chi connectivity index (χ4n) is 0.239. The van der Waals surface area contributed by atoms with Gasteiger partial charge in [-0.2, -0.15) is 0 Å². The first kappa shape index (κ1) is 15.6. The van der Waals surface area contributed by atoms with E-state index in [4.69, 9.17) is 20.0 Å². The van der Waals surface area contributed by atoms with Gasteiger partial charge >= 0.3 is 62.7 Å². The van der Waals surface area contributed by atoms with Gasteiger partial charge in [-0.05, 0) is 0 Å². The van der Waals surface area contributed by atoms with E-state index in [0.717, 1.165) is 0 Å². The van der Waals surface area contributed by atoms with Crippen LogP contribution in [0.5, 0.6) is 0 Å². The van der Waals surface area contributed by atoms with E-state index in [1.165, 1.54) is 0 Å². The summed E-state index contributed by atoms with van der Waals surface area (Å²) < 4.78 is 13.6. The minimum Gasteiger partial charge on any atom is -1.00 e. The number of hydrogen-bond donors (Lipinski definition) is 4. The Bertz CT molecular complexity index is 195. The van der Waals surface area contributed by atoms with E-state index in [1.807, 2.05) is 0 Å². The summed E-state index contributed by atoms with van der Waals surface area (Å²) in [5, 5.41) is 16.4. The number of rotatable bonds is 4. The number of phosphoric ester groups is 1. The maximum Gasteiger partial charge on any atom is 2.00 e. The molecule has 0 radical (unpaired) electrons. The number of carbonyl (C=O) groups is 1. The van der Waals surface area contributed by atoms with Crippen molar-refractivity contribution < 1.29 is 36.7 Å². The zero-order valence-corrected chi connectivity index (χ0v) is 11.3. The quantitative estimate of drug-likeness (QED) is 0.362. The van der Waals surface area contributed by atoms with Gasteiger partial charge in [-0.1, -0.05) is 0 Å². The summed E-state index contributed by atoms with van der Waals surface area (Å²) in [4.78, 5) is 25.9. The van der Waals surface area contributed by atoms with Crippen LogP contribution in [-0.2, 0) is 13.9 Å². The van der Waals surface area contributed by atoms with Crippen LogP contribution in [0.15, 0.2) is 0 Å². The van der Waals surface area contributed by atoms with Gasteiger partial charge in [0.25, 0.3) is 0 Å². The minimum absolute atomic E-state index is 0. The third-order valence-corrected chi connectivity index (χ3v) is 1.17. The summed E-state index contributed by atoms with van der Waals surface area (Å²) in [7, 11) is -4.68. The fourth-order valence-corrected chi connectivity index (χ4v) is 0.574. The minimum atomic E-state index is -4.68. The Kier molecular flexibility index (Phi) is 8.50. The SMILES string of the molecule is O=C(O)C(O)COP(=O)(O)O.[Ba+2].[H-].[H-]. The smallest absolute Gasteiger partial charge is 1.00 e. The molecule has 0 saturated carbocycles. The van der Waals surface area contributed by atoms with Gasteiger partial charge in [-0.3, -0.25) is 4.52 Å². The van der Waals surface area contributed by atoms with Crippen molar-refractivity contribution in [2.75, 3.05) is 6.61 Å². The molecule has 0 bridgehead atoms. The van der Waals surface area contributed by atoms with Crippen LogP contribution in [-0.4, -0.2) is 87.6 Å². The Hall–Kier alpha value is 1.11. The van der Waals surface area contributed by atoms with Crippen molar-refractivity contribution >= 4 is 62.7 Å². The second kappa shape index (κ2) is 6.55. The number of hydrogen-bond acceptors (Lipinski definition) is 4. The van der Waals surface area contributed by atoms with E-state index < -0.39 is 26.5 Å². The monoisotopic (exact) mass is 326 g/mol. The molecule has 9 heteroatoms. The molecule has 70 valence electrons. The number of carboxylic acid groups (broad SMARTS) is 1. The van der Waals surface area contributed by atoms with Crippen molar-refractivity contribution in [1.82, 2.24) is 0 Å². The third kappa shape index (κ3) is 9.20. The second-order valence-electron chi connectivity index (χ2n) is 1.64. The number of aliphatic hydroxyl groups excluding tert-OH is 1. The predicted octanol–water partition coefficient (Wildman–Crippen LogP) is -1.61. The molecule has 0 aromatic rings. The van der Waals surface area contributed by atoms with Crippen molar-refractivity contribution in [1.29, 1.82) is 0 Å². The largest absolute Gasteiger partial charge is 2.00 e. The molecule has 0 aliphatic rings. The Morgan fingerprint density at radius 1 is 1.58 bits per heavy atom. The molecule has 12 heavy (non-hydrogen) atoms. The van der Waals surface area contributed by atoms with E-state index in [0.29, 0.717) is 0 Å². The fraction of sp³-hybridized carbons (Fsp3) is 0.667. The summed E-state index contributed by atoms with van der Waals surface area (Å²) in [5.74, 6) is -1.60. The summed E-state index contributed by atoms with van der Waals surface area (Å²) in [6.07, 6.45) is -1.91. The van der Waals surface area contributed by atoms with Crippen LogP contribution in [0.1, 0.15) is 2.85 Å². The standard InChI is InChI=1S/C3H7O7P.Ba.2H/c4-2(3(5)6)1-10-11(7,8)9;;;/h2,4H,1H2,(H,5,6)(H2,7,8,9);;;/q;+2;2*-1. The van der Waals surface area contributed by atoms with Crippen LogP contribution in [0.25, 0.3) is 0 Å². The molecule has 0 saturated heterocycles. The number of aliphatic carboxylic acids is 1. The molecule has 0 aliphatic heterocycles. The molecule has 1 atom stereocenters. The molecule has 0 aromatic heterocycles. The van der Waals surface area contributed by atoms with Gasteiger partial charge in [-0.25, -0.2) is 9.36 Å². The topological polar surface area (TPSA) is 124 Å². The van der Waals surface area contributed by atoms with E-state index in [1.54, 1.807) is 0 Å². The summed E-state index contributed by atoms with van der Waals surface area (Å²) in [6.45, 7) is -0.931. The molecule has 0 fully saturated rings. The van der Waals surface area contributed by atoms with Gasteiger partial charge in [0.15, 0.2) is 6.10 Å². The van der Waals surface area contributed by atoms with E-state index in [-0.39, 0.29) is 51.7 Å². The molecule has 1 unspecified atom stereocenters. The Morgan fingerprint density at radius 3 is 2.25 bits per heavy atom. The zero-order valence-electron chi connectivity index (χ0n) is 7.95. The van der Waals surface area contributed by atoms with Crippen molar-refractivity contribution in [3.8, 4) is 0 Å². The van der Waals surface area contributed by atoms with Crippen molar-refractivity contribution in [3.05, 3.63) is 0 Å². The van der Waals surface area contributed by atoms with Crippen molar-refractivity contribution in [2.24, 2.45) is 0 Å². The zero-order chi connectivity index (χ0) is 9.07. The van der Waals surface area contributed by atoms with Gasteiger partial charge in [0.2, 0.25) is 0 Å². The summed E-state index contributed by atoms with van der Waals surface area (Å²) in [6, 6.07) is 0. The predicted molar refractivity (Wildman–Crippen MR) is 39.6 cm³/mol. The normalized spacial score (nSPS) is 13.2. The van der Waals surface area contributed by atoms with Crippen LogP contribution < -0.4 is 0 Å². The summed E-state index contributed by atoms with van der Waals surface area (Å²) >= 11 is 0. The van der Waals surface area contributed by atoms with E-state index in [9.17, 15) is 9.36 Å². The first-order valence-electron chi connectivity index (χ1n) is 2.44. The van der Waals surface area contributed by atoms with E-state index >= 15 is 0 Å². The molecule has 0 aliphatic carbocycles. The third-order valence-electron chi connectivity index (χ3n) is 0.686. The van der Waals surface area contributed by atoms with Crippen molar-refractivity contribution in [2.45, 2.75) is 6.10 Å². The molecule has 0 heterocycles. The molecular weight excluding hydrogens is 316 g/mol. The van der Waals surface area contributed by atoms with Crippen LogP contribution in [0.4, 0.5) is 0 Å². The second-order valence-corrected chi connectivity index (χ2v) is 2.88. The maximum atomic E-state index is 9.93. The molecule has 0 amide bonds. The Balaban J connectivity index is -0.000000167. The molecule has 0 spiro atoms. The number of phosphoric acid groups is 1. The van der Waals surface area contributed by atoms with Gasteiger partial charge in [0.1, 0.15) is 0 Å². The van der Waals surface area contributed by atoms with Gasteiger partial charge < -0.3 is 22.9 Å². The molecule has 0 rings (SSSR count). The molecule has 0 aromatic carbocycles. The Labute approximate surface area is 111 Å². The van der Waals surface area contributed by atoms with Crippen LogP contribution >= 0.6 is 7.82 Å². The molecular formula is C3H9BaO7P. The number of aliphatic hydroxyl groups is 1. The summed E-state index contributed by atoms with van der Waals surface area (Å²) in [5.41, 5.74) is 0. The van der Waals surface area contributed by atoms with Gasteiger partial charge in [-0.15, -0.1) is 0 Å². The Morgan fingerprint density at radius 2 is 2.00 bits per heavy atom. The first-order valence-corrected chi connectivity index (χ1v) is 3.97. The molecule has 4 N–H and O–H groups in total. The van der Waals surface area contributed by atoms with Crippen LogP contribution in [0.2, 0.25) is 0 Å². The molecule has 7 nitrogen and oxygen atoms in total. The van der Waals surface area contributed by atoms with Gasteiger partial charge in [0, 0.05) is 0 Å². The van der Waals surface area contributed by atoms with E-state index in [2.05, 4.69) is 4.52 Å². The average Bonchev–Trinajstić information content (AvgIpc) is 1.80. The van der Waals surface area contributed by atoms with Crippen molar-refractivity contribution in [3.63, 3.8) is 0 Å². The average molecular weight is 325 g/mol. The van der Waals surface area contributed by atoms with Crippen LogP contribution in [0, 0.1) is 0 Å². The van der Waals surface area contributed by atoms with Gasteiger partial charge in [0.05, 0.1) is 6.61 Å². The van der Waals surface area contributed by atoms with Crippen LogP contribution in [0.3, 0.4) is 0 Å². The first-order chi connectivity index (χ1) is 4.83. The maximum absolute atomic E-state index is 9.93.